The number of hydrogen-bond donors (Lipinski definition) is 2. The second kappa shape index (κ2) is 5.70. The number of amides is 1. The van der Waals surface area contributed by atoms with Gasteiger partial charge in [0.25, 0.3) is 0 Å². The highest BCUT2D eigenvalue weighted by molar-refractivity contribution is 5.95. The summed E-state index contributed by atoms with van der Waals surface area (Å²) in [7, 11) is 0. The number of carbonyl (C=O) groups excluding carboxylic acids is 1. The zero-order chi connectivity index (χ0) is 13.9. The summed E-state index contributed by atoms with van der Waals surface area (Å²) in [6, 6.07) is 4.68. The Morgan fingerprint density at radius 3 is 2.89 bits per heavy atom. The van der Waals surface area contributed by atoms with Gasteiger partial charge in [-0.05, 0) is 50.1 Å². The van der Waals surface area contributed by atoms with Gasteiger partial charge in [0.2, 0.25) is 5.91 Å². The molecule has 2 N–H and O–H groups in total. The summed E-state index contributed by atoms with van der Waals surface area (Å²) in [6.07, 6.45) is 2.73. The van der Waals surface area contributed by atoms with Crippen LogP contribution in [0.25, 0.3) is 0 Å². The first kappa shape index (κ1) is 14.0. The van der Waals surface area contributed by atoms with Gasteiger partial charge >= 0.3 is 0 Å². The molecule has 1 heterocycles. The van der Waals surface area contributed by atoms with E-state index in [0.717, 1.165) is 32.4 Å². The smallest absolute Gasteiger partial charge is 0.231 e. The van der Waals surface area contributed by atoms with Crippen molar-refractivity contribution in [1.82, 2.24) is 5.32 Å². The van der Waals surface area contributed by atoms with E-state index < -0.39 is 0 Å². The largest absolute Gasteiger partial charge is 0.326 e. The molecule has 2 rings (SSSR count). The van der Waals surface area contributed by atoms with Crippen LogP contribution in [0.15, 0.2) is 18.2 Å². The van der Waals surface area contributed by atoms with Crippen molar-refractivity contribution in [2.45, 2.75) is 33.1 Å². The molecule has 19 heavy (non-hydrogen) atoms. The van der Waals surface area contributed by atoms with E-state index >= 15 is 0 Å². The van der Waals surface area contributed by atoms with E-state index in [1.165, 1.54) is 6.07 Å². The van der Waals surface area contributed by atoms with Gasteiger partial charge in [0, 0.05) is 12.2 Å². The van der Waals surface area contributed by atoms with Crippen LogP contribution in [0.5, 0.6) is 0 Å². The zero-order valence-electron chi connectivity index (χ0n) is 11.6. The lowest BCUT2D eigenvalue weighted by Crippen LogP contribution is -2.38. The number of benzene rings is 1. The van der Waals surface area contributed by atoms with E-state index in [9.17, 15) is 9.18 Å². The van der Waals surface area contributed by atoms with Crippen LogP contribution in [0.2, 0.25) is 0 Å². The highest BCUT2D eigenvalue weighted by Gasteiger charge is 2.40. The Balaban J connectivity index is 2.12. The Bertz CT molecular complexity index is 467. The topological polar surface area (TPSA) is 41.1 Å². The highest BCUT2D eigenvalue weighted by atomic mass is 19.1. The lowest BCUT2D eigenvalue weighted by Gasteiger charge is -2.26. The second-order valence-electron chi connectivity index (χ2n) is 5.38. The molecule has 1 aliphatic rings. The van der Waals surface area contributed by atoms with E-state index in [1.54, 1.807) is 19.1 Å². The van der Waals surface area contributed by atoms with Gasteiger partial charge in [-0.3, -0.25) is 4.79 Å². The molecule has 1 aromatic rings. The van der Waals surface area contributed by atoms with Gasteiger partial charge in [0.05, 0.1) is 5.41 Å². The second-order valence-corrected chi connectivity index (χ2v) is 5.38. The Hall–Kier alpha value is -1.42. The number of halogens is 1. The maximum Gasteiger partial charge on any atom is 0.231 e. The highest BCUT2D eigenvalue weighted by Crippen LogP contribution is 2.32. The number of aryl methyl sites for hydroxylation is 1. The first-order chi connectivity index (χ1) is 9.07. The Kier molecular flexibility index (Phi) is 4.20. The summed E-state index contributed by atoms with van der Waals surface area (Å²) >= 11 is 0. The first-order valence-corrected chi connectivity index (χ1v) is 6.86. The molecule has 1 unspecified atom stereocenters. The molecule has 1 atom stereocenters. The molecule has 0 saturated carbocycles. The zero-order valence-corrected chi connectivity index (χ0v) is 11.6. The van der Waals surface area contributed by atoms with Crippen LogP contribution in [-0.4, -0.2) is 19.0 Å². The molecule has 1 fully saturated rings. The molecule has 0 bridgehead atoms. The summed E-state index contributed by atoms with van der Waals surface area (Å²) in [5, 5.41) is 6.20. The van der Waals surface area contributed by atoms with E-state index in [-0.39, 0.29) is 17.1 Å². The third kappa shape index (κ3) is 2.95. The van der Waals surface area contributed by atoms with Crippen LogP contribution in [-0.2, 0) is 4.79 Å². The van der Waals surface area contributed by atoms with Crippen molar-refractivity contribution < 1.29 is 9.18 Å². The molecule has 0 radical (unpaired) electrons. The van der Waals surface area contributed by atoms with Gasteiger partial charge in [-0.1, -0.05) is 13.3 Å². The SMILES string of the molecule is CCCC1(C(=O)Nc2ccc(F)c(C)c2)CCNC1. The lowest BCUT2D eigenvalue weighted by atomic mass is 9.81. The van der Waals surface area contributed by atoms with Crippen LogP contribution < -0.4 is 10.6 Å². The molecule has 3 nitrogen and oxygen atoms in total. The molecule has 1 aliphatic heterocycles. The maximum atomic E-state index is 13.2. The number of anilines is 1. The van der Waals surface area contributed by atoms with Gasteiger partial charge in [-0.15, -0.1) is 0 Å². The molecular weight excluding hydrogens is 243 g/mol. The average Bonchev–Trinajstić information content (AvgIpc) is 2.84. The van der Waals surface area contributed by atoms with Crippen LogP contribution >= 0.6 is 0 Å². The molecule has 104 valence electrons. The maximum absolute atomic E-state index is 13.2. The van der Waals surface area contributed by atoms with E-state index in [1.807, 2.05) is 0 Å². The molecule has 4 heteroatoms. The monoisotopic (exact) mass is 264 g/mol. The van der Waals surface area contributed by atoms with Gasteiger partial charge in [0.1, 0.15) is 5.82 Å². The van der Waals surface area contributed by atoms with Crippen molar-refractivity contribution in [2.24, 2.45) is 5.41 Å². The predicted octanol–water partition coefficient (Wildman–Crippen LogP) is 2.85. The molecule has 0 spiro atoms. The van der Waals surface area contributed by atoms with E-state index in [2.05, 4.69) is 17.6 Å². The van der Waals surface area contributed by atoms with E-state index in [0.29, 0.717) is 11.3 Å². The molecule has 1 aromatic carbocycles. The quantitative estimate of drug-likeness (QED) is 0.878. The fraction of sp³-hybridized carbons (Fsp3) is 0.533. The normalized spacial score (nSPS) is 22.5. The van der Waals surface area contributed by atoms with Crippen molar-refractivity contribution in [3.8, 4) is 0 Å². The Labute approximate surface area is 113 Å². The Morgan fingerprint density at radius 1 is 1.53 bits per heavy atom. The summed E-state index contributed by atoms with van der Waals surface area (Å²) < 4.78 is 13.2. The van der Waals surface area contributed by atoms with Gasteiger partial charge in [-0.25, -0.2) is 4.39 Å². The average molecular weight is 264 g/mol. The van der Waals surface area contributed by atoms with Crippen molar-refractivity contribution in [3.63, 3.8) is 0 Å². The summed E-state index contributed by atoms with van der Waals surface area (Å²) in [6.45, 7) is 5.40. The summed E-state index contributed by atoms with van der Waals surface area (Å²) in [5.41, 5.74) is 0.912. The molecule has 0 aromatic heterocycles. The van der Waals surface area contributed by atoms with Gasteiger partial charge in [0.15, 0.2) is 0 Å². The van der Waals surface area contributed by atoms with Gasteiger partial charge in [-0.2, -0.15) is 0 Å². The molecular formula is C15H21FN2O. The molecule has 0 aliphatic carbocycles. The molecule has 1 saturated heterocycles. The van der Waals surface area contributed by atoms with Crippen molar-refractivity contribution >= 4 is 11.6 Å². The number of hydrogen-bond acceptors (Lipinski definition) is 2. The van der Waals surface area contributed by atoms with Crippen LogP contribution in [0.1, 0.15) is 31.7 Å². The number of nitrogens with one attached hydrogen (secondary N) is 2. The number of rotatable bonds is 4. The fourth-order valence-electron chi connectivity index (χ4n) is 2.73. The lowest BCUT2D eigenvalue weighted by molar-refractivity contribution is -0.125. The van der Waals surface area contributed by atoms with Crippen LogP contribution in [0.4, 0.5) is 10.1 Å². The minimum absolute atomic E-state index is 0.0466. The van der Waals surface area contributed by atoms with E-state index in [4.69, 9.17) is 0 Å². The number of carbonyl (C=O) groups is 1. The standard InChI is InChI=1S/C15H21FN2O/c1-3-6-15(7-8-17-10-15)14(19)18-12-4-5-13(16)11(2)9-12/h4-5,9,17H,3,6-8,10H2,1-2H3,(H,18,19). The predicted molar refractivity (Wildman–Crippen MR) is 74.6 cm³/mol. The third-order valence-electron chi connectivity index (χ3n) is 3.87. The third-order valence-corrected chi connectivity index (χ3v) is 3.87. The van der Waals surface area contributed by atoms with Crippen LogP contribution in [0, 0.1) is 18.2 Å². The minimum atomic E-state index is -0.308. The molecule has 1 amide bonds. The summed E-state index contributed by atoms with van der Waals surface area (Å²) in [4.78, 5) is 12.5. The van der Waals surface area contributed by atoms with Crippen molar-refractivity contribution in [1.29, 1.82) is 0 Å². The Morgan fingerprint density at radius 2 is 2.32 bits per heavy atom. The van der Waals surface area contributed by atoms with Crippen molar-refractivity contribution in [2.75, 3.05) is 18.4 Å². The first-order valence-electron chi connectivity index (χ1n) is 6.86. The van der Waals surface area contributed by atoms with Gasteiger partial charge < -0.3 is 10.6 Å². The van der Waals surface area contributed by atoms with Crippen molar-refractivity contribution in [3.05, 3.63) is 29.6 Å². The minimum Gasteiger partial charge on any atom is -0.326 e. The fourth-order valence-corrected chi connectivity index (χ4v) is 2.73. The van der Waals surface area contributed by atoms with Crippen LogP contribution in [0.3, 0.4) is 0 Å². The summed E-state index contributed by atoms with van der Waals surface area (Å²) in [5.74, 6) is -0.200.